The summed E-state index contributed by atoms with van der Waals surface area (Å²) in [6.45, 7) is 0.435. The van der Waals surface area contributed by atoms with Gasteiger partial charge in [0.15, 0.2) is 11.2 Å². The average Bonchev–Trinajstić information content (AvgIpc) is 3.29. The van der Waals surface area contributed by atoms with Crippen molar-refractivity contribution in [1.82, 2.24) is 15.3 Å². The van der Waals surface area contributed by atoms with E-state index >= 15 is 0 Å². The van der Waals surface area contributed by atoms with Crippen molar-refractivity contribution < 1.29 is 9.21 Å². The van der Waals surface area contributed by atoms with Crippen LogP contribution >= 0.6 is 0 Å². The van der Waals surface area contributed by atoms with E-state index in [1.54, 1.807) is 6.20 Å². The molecule has 0 aliphatic heterocycles. The summed E-state index contributed by atoms with van der Waals surface area (Å²) in [4.78, 5) is 21.8. The van der Waals surface area contributed by atoms with Gasteiger partial charge in [-0.05, 0) is 41.0 Å². The second-order valence-corrected chi connectivity index (χ2v) is 7.51. The zero-order valence-electron chi connectivity index (χ0n) is 17.3. The first-order chi connectivity index (χ1) is 15.8. The molecule has 5 rings (SSSR count). The fourth-order valence-corrected chi connectivity index (χ4v) is 3.74. The number of hydrogen-bond donors (Lipinski definition) is 1. The quantitative estimate of drug-likeness (QED) is 0.403. The van der Waals surface area contributed by atoms with Crippen LogP contribution in [0.5, 0.6) is 0 Å². The Morgan fingerprint density at radius 2 is 1.47 bits per heavy atom. The first kappa shape index (κ1) is 19.7. The molecule has 156 valence electrons. The lowest BCUT2D eigenvalue weighted by Crippen LogP contribution is -2.29. The number of fused-ring (bicyclic) bond motifs is 1. The van der Waals surface area contributed by atoms with Crippen molar-refractivity contribution in [1.29, 1.82) is 0 Å². The lowest BCUT2D eigenvalue weighted by atomic mass is 9.90. The third-order valence-electron chi connectivity index (χ3n) is 5.36. The van der Waals surface area contributed by atoms with Gasteiger partial charge in [0.05, 0.1) is 5.92 Å². The fourth-order valence-electron chi connectivity index (χ4n) is 3.74. The molecule has 0 fully saturated rings. The maximum atomic E-state index is 13.2. The van der Waals surface area contributed by atoms with Crippen LogP contribution in [0.15, 0.2) is 108 Å². The molecule has 1 N–H and O–H groups in total. The van der Waals surface area contributed by atoms with Gasteiger partial charge in [-0.3, -0.25) is 4.79 Å². The van der Waals surface area contributed by atoms with Crippen molar-refractivity contribution in [2.45, 2.75) is 12.5 Å². The number of pyridine rings is 1. The van der Waals surface area contributed by atoms with Gasteiger partial charge >= 0.3 is 0 Å². The van der Waals surface area contributed by atoms with Crippen molar-refractivity contribution in [3.05, 3.63) is 120 Å². The van der Waals surface area contributed by atoms with E-state index in [-0.39, 0.29) is 11.8 Å². The molecule has 0 atom stereocenters. The van der Waals surface area contributed by atoms with E-state index in [9.17, 15) is 4.79 Å². The van der Waals surface area contributed by atoms with Crippen molar-refractivity contribution >= 4 is 17.1 Å². The van der Waals surface area contributed by atoms with Crippen LogP contribution in [0.1, 0.15) is 22.6 Å². The molecule has 32 heavy (non-hydrogen) atoms. The minimum atomic E-state index is -0.357. The Balaban J connectivity index is 1.31. The summed E-state index contributed by atoms with van der Waals surface area (Å²) in [7, 11) is 0. The number of rotatable bonds is 6. The fraction of sp³-hybridized carbons (Fsp3) is 0.0741. The van der Waals surface area contributed by atoms with Crippen molar-refractivity contribution in [2.24, 2.45) is 0 Å². The van der Waals surface area contributed by atoms with E-state index in [1.165, 1.54) is 0 Å². The van der Waals surface area contributed by atoms with Crippen LogP contribution in [0.2, 0.25) is 0 Å². The van der Waals surface area contributed by atoms with E-state index in [2.05, 4.69) is 15.3 Å². The van der Waals surface area contributed by atoms with Crippen LogP contribution in [0, 0.1) is 0 Å². The standard InChI is InChI=1S/C27H21N3O2/c31-26(24(20-8-3-1-4-9-20)21-10-5-2-6-11-21)29-18-19-13-15-22(16-14-19)27-30-25-23(32-27)12-7-17-28-25/h1-17,24H,18H2,(H,29,31). The summed E-state index contributed by atoms with van der Waals surface area (Å²) >= 11 is 0. The number of nitrogens with zero attached hydrogens (tertiary/aromatic N) is 2. The molecule has 0 radical (unpaired) electrons. The molecular formula is C27H21N3O2. The molecule has 0 spiro atoms. The minimum absolute atomic E-state index is 0.0310. The van der Waals surface area contributed by atoms with E-state index in [0.29, 0.717) is 23.7 Å². The highest BCUT2D eigenvalue weighted by atomic mass is 16.3. The summed E-state index contributed by atoms with van der Waals surface area (Å²) < 4.78 is 5.78. The highest BCUT2D eigenvalue weighted by Gasteiger charge is 2.22. The summed E-state index contributed by atoms with van der Waals surface area (Å²) in [5, 5.41) is 3.09. The Morgan fingerprint density at radius 1 is 0.812 bits per heavy atom. The SMILES string of the molecule is O=C(NCc1ccc(-c2nc3ncccc3o2)cc1)C(c1ccccc1)c1ccccc1. The third kappa shape index (κ3) is 4.14. The Hall–Kier alpha value is -4.25. The zero-order chi connectivity index (χ0) is 21.8. The van der Waals surface area contributed by atoms with Gasteiger partial charge in [0.25, 0.3) is 0 Å². The zero-order valence-corrected chi connectivity index (χ0v) is 17.3. The summed E-state index contributed by atoms with van der Waals surface area (Å²) in [6.07, 6.45) is 1.69. The number of carbonyl (C=O) groups excluding carboxylic acids is 1. The maximum absolute atomic E-state index is 13.2. The molecule has 5 nitrogen and oxygen atoms in total. The molecule has 1 amide bonds. The maximum Gasteiger partial charge on any atom is 0.232 e. The van der Waals surface area contributed by atoms with Crippen LogP contribution < -0.4 is 5.32 Å². The number of nitrogens with one attached hydrogen (secondary N) is 1. The second kappa shape index (κ2) is 8.86. The van der Waals surface area contributed by atoms with Crippen molar-refractivity contribution in [3.8, 4) is 11.5 Å². The van der Waals surface area contributed by atoms with Gasteiger partial charge in [-0.25, -0.2) is 4.98 Å². The summed E-state index contributed by atoms with van der Waals surface area (Å²) in [6, 6.07) is 31.2. The van der Waals surface area contributed by atoms with Gasteiger partial charge < -0.3 is 9.73 Å². The summed E-state index contributed by atoms with van der Waals surface area (Å²) in [5.41, 5.74) is 5.05. The summed E-state index contributed by atoms with van der Waals surface area (Å²) in [5.74, 6) is 0.142. The van der Waals surface area contributed by atoms with E-state index in [1.807, 2.05) is 97.1 Å². The molecule has 5 aromatic rings. The molecule has 5 heteroatoms. The normalized spacial score (nSPS) is 11.0. The van der Waals surface area contributed by atoms with Crippen LogP contribution in [-0.2, 0) is 11.3 Å². The number of benzene rings is 3. The molecule has 0 unspecified atom stereocenters. The molecule has 2 aromatic heterocycles. The number of amides is 1. The molecule has 0 saturated heterocycles. The molecule has 2 heterocycles. The number of oxazole rings is 1. The highest BCUT2D eigenvalue weighted by Crippen LogP contribution is 2.26. The minimum Gasteiger partial charge on any atom is -0.434 e. The highest BCUT2D eigenvalue weighted by molar-refractivity contribution is 5.87. The average molecular weight is 419 g/mol. The van der Waals surface area contributed by atoms with Crippen LogP contribution in [-0.4, -0.2) is 15.9 Å². The first-order valence-electron chi connectivity index (χ1n) is 10.5. The lowest BCUT2D eigenvalue weighted by molar-refractivity contribution is -0.121. The number of carbonyl (C=O) groups is 1. The third-order valence-corrected chi connectivity index (χ3v) is 5.36. The Kier molecular flexibility index (Phi) is 5.45. The van der Waals surface area contributed by atoms with Crippen LogP contribution in [0.3, 0.4) is 0 Å². The van der Waals surface area contributed by atoms with Crippen LogP contribution in [0.4, 0.5) is 0 Å². The molecule has 3 aromatic carbocycles. The Bertz CT molecular complexity index is 1260. The van der Waals surface area contributed by atoms with E-state index in [4.69, 9.17) is 4.42 Å². The van der Waals surface area contributed by atoms with Crippen molar-refractivity contribution in [3.63, 3.8) is 0 Å². The van der Waals surface area contributed by atoms with Gasteiger partial charge in [0, 0.05) is 18.3 Å². The van der Waals surface area contributed by atoms with Crippen molar-refractivity contribution in [2.75, 3.05) is 0 Å². The molecule has 0 aliphatic rings. The predicted molar refractivity (Wildman–Crippen MR) is 124 cm³/mol. The predicted octanol–water partition coefficient (Wildman–Crippen LogP) is 5.34. The molecule has 0 aliphatic carbocycles. The van der Waals surface area contributed by atoms with Gasteiger partial charge in [-0.1, -0.05) is 72.8 Å². The number of aromatic nitrogens is 2. The van der Waals surface area contributed by atoms with E-state index in [0.717, 1.165) is 22.3 Å². The number of hydrogen-bond acceptors (Lipinski definition) is 4. The Morgan fingerprint density at radius 3 is 2.09 bits per heavy atom. The lowest BCUT2D eigenvalue weighted by Gasteiger charge is -2.18. The smallest absolute Gasteiger partial charge is 0.232 e. The van der Waals surface area contributed by atoms with Crippen LogP contribution in [0.25, 0.3) is 22.7 Å². The first-order valence-corrected chi connectivity index (χ1v) is 10.5. The van der Waals surface area contributed by atoms with Gasteiger partial charge in [0.1, 0.15) is 0 Å². The molecular weight excluding hydrogens is 398 g/mol. The molecule has 0 saturated carbocycles. The van der Waals surface area contributed by atoms with Gasteiger partial charge in [0.2, 0.25) is 11.8 Å². The largest absolute Gasteiger partial charge is 0.434 e. The topological polar surface area (TPSA) is 68.0 Å². The van der Waals surface area contributed by atoms with E-state index < -0.39 is 0 Å². The Labute approximate surface area is 185 Å². The monoisotopic (exact) mass is 419 g/mol. The van der Waals surface area contributed by atoms with Gasteiger partial charge in [-0.15, -0.1) is 0 Å². The second-order valence-electron chi connectivity index (χ2n) is 7.51. The molecule has 0 bridgehead atoms. The van der Waals surface area contributed by atoms with Gasteiger partial charge in [-0.2, -0.15) is 4.98 Å².